The summed E-state index contributed by atoms with van der Waals surface area (Å²) in [6.45, 7) is 2.07. The maximum absolute atomic E-state index is 4.61. The van der Waals surface area contributed by atoms with Crippen molar-refractivity contribution in [2.75, 3.05) is 7.05 Å². The van der Waals surface area contributed by atoms with E-state index in [-0.39, 0.29) is 0 Å². The van der Waals surface area contributed by atoms with Crippen LogP contribution in [0.4, 0.5) is 0 Å². The van der Waals surface area contributed by atoms with Gasteiger partial charge >= 0.3 is 0 Å². The molecule has 0 radical (unpaired) electrons. The molecule has 0 bridgehead atoms. The first-order valence-electron chi connectivity index (χ1n) is 7.45. The van der Waals surface area contributed by atoms with Gasteiger partial charge in [-0.15, -0.1) is 11.3 Å². The van der Waals surface area contributed by atoms with Crippen molar-refractivity contribution in [1.82, 2.24) is 10.3 Å². The molecule has 1 unspecified atom stereocenters. The quantitative estimate of drug-likeness (QED) is 0.890. The molecule has 1 N–H and O–H groups in total. The van der Waals surface area contributed by atoms with Crippen LogP contribution in [0.1, 0.15) is 53.1 Å². The van der Waals surface area contributed by atoms with E-state index in [2.05, 4.69) is 53.9 Å². The average Bonchev–Trinajstić information content (AvgIpc) is 2.80. The molecule has 1 atom stereocenters. The molecule has 0 saturated heterocycles. The highest BCUT2D eigenvalue weighted by atomic mass is 32.1. The number of rotatable bonds is 5. The van der Waals surface area contributed by atoms with Crippen LogP contribution in [0.15, 0.2) is 29.6 Å². The third-order valence-corrected chi connectivity index (χ3v) is 5.30. The summed E-state index contributed by atoms with van der Waals surface area (Å²) in [7, 11) is 2.06. The van der Waals surface area contributed by atoms with Gasteiger partial charge < -0.3 is 5.32 Å². The third kappa shape index (κ3) is 2.79. The number of hydrogen-bond donors (Lipinski definition) is 1. The van der Waals surface area contributed by atoms with Crippen LogP contribution in [0.2, 0.25) is 0 Å². The highest BCUT2D eigenvalue weighted by Crippen LogP contribution is 2.39. The van der Waals surface area contributed by atoms with Crippen LogP contribution < -0.4 is 5.32 Å². The van der Waals surface area contributed by atoms with Crippen molar-refractivity contribution in [2.45, 2.75) is 44.6 Å². The lowest BCUT2D eigenvalue weighted by Crippen LogP contribution is -2.22. The highest BCUT2D eigenvalue weighted by Gasteiger charge is 2.24. The van der Waals surface area contributed by atoms with Crippen LogP contribution in [0, 0.1) is 6.92 Å². The number of hydrogen-bond acceptors (Lipinski definition) is 3. The predicted octanol–water partition coefficient (Wildman–Crippen LogP) is 4.22. The van der Waals surface area contributed by atoms with Crippen LogP contribution in [-0.4, -0.2) is 12.0 Å². The maximum atomic E-state index is 4.61. The SMILES string of the molecule is CNC(Cc1nc(C)cs1)c1ccccc1C1CCC1. The van der Waals surface area contributed by atoms with Gasteiger partial charge in [0.1, 0.15) is 0 Å². The van der Waals surface area contributed by atoms with Crippen LogP contribution in [0.25, 0.3) is 0 Å². The molecule has 1 heterocycles. The van der Waals surface area contributed by atoms with E-state index in [4.69, 9.17) is 0 Å². The molecule has 106 valence electrons. The molecule has 1 aromatic heterocycles. The molecule has 2 aromatic rings. The van der Waals surface area contributed by atoms with Crippen LogP contribution in [0.5, 0.6) is 0 Å². The average molecular weight is 286 g/mol. The van der Waals surface area contributed by atoms with Crippen molar-refractivity contribution in [1.29, 1.82) is 0 Å². The molecule has 20 heavy (non-hydrogen) atoms. The van der Waals surface area contributed by atoms with Gasteiger partial charge in [0.15, 0.2) is 0 Å². The van der Waals surface area contributed by atoms with Gasteiger partial charge in [-0.2, -0.15) is 0 Å². The molecule has 1 saturated carbocycles. The molecule has 1 aliphatic carbocycles. The summed E-state index contributed by atoms with van der Waals surface area (Å²) in [5.74, 6) is 0.778. The fraction of sp³-hybridized carbons (Fsp3) is 0.471. The number of nitrogens with zero attached hydrogens (tertiary/aromatic N) is 1. The van der Waals surface area contributed by atoms with Crippen LogP contribution in [-0.2, 0) is 6.42 Å². The van der Waals surface area contributed by atoms with Crippen molar-refractivity contribution >= 4 is 11.3 Å². The zero-order valence-electron chi connectivity index (χ0n) is 12.2. The van der Waals surface area contributed by atoms with E-state index in [9.17, 15) is 0 Å². The van der Waals surface area contributed by atoms with E-state index in [0.29, 0.717) is 6.04 Å². The minimum Gasteiger partial charge on any atom is -0.313 e. The van der Waals surface area contributed by atoms with Crippen molar-refractivity contribution in [3.8, 4) is 0 Å². The Morgan fingerprint density at radius 2 is 2.15 bits per heavy atom. The van der Waals surface area contributed by atoms with E-state index < -0.39 is 0 Å². The van der Waals surface area contributed by atoms with Crippen molar-refractivity contribution in [3.05, 3.63) is 51.5 Å². The predicted molar refractivity (Wildman–Crippen MR) is 85.4 cm³/mol. The Balaban J connectivity index is 1.85. The van der Waals surface area contributed by atoms with E-state index in [1.54, 1.807) is 16.9 Å². The van der Waals surface area contributed by atoms with Crippen molar-refractivity contribution in [3.63, 3.8) is 0 Å². The van der Waals surface area contributed by atoms with Crippen molar-refractivity contribution < 1.29 is 0 Å². The Bertz CT molecular complexity index is 572. The van der Waals surface area contributed by atoms with E-state index in [1.807, 2.05) is 0 Å². The van der Waals surface area contributed by atoms with Crippen LogP contribution >= 0.6 is 11.3 Å². The van der Waals surface area contributed by atoms with Gasteiger partial charge in [-0.1, -0.05) is 30.7 Å². The first kappa shape index (κ1) is 13.8. The molecule has 1 fully saturated rings. The number of benzene rings is 1. The molecule has 3 rings (SSSR count). The van der Waals surface area contributed by atoms with Gasteiger partial charge in [0.05, 0.1) is 5.01 Å². The Hall–Kier alpha value is -1.19. The molecule has 0 spiro atoms. The van der Waals surface area contributed by atoms with E-state index in [1.165, 1.54) is 29.8 Å². The normalized spacial score (nSPS) is 16.9. The van der Waals surface area contributed by atoms with Gasteiger partial charge in [-0.25, -0.2) is 4.98 Å². The molecular weight excluding hydrogens is 264 g/mol. The Morgan fingerprint density at radius 3 is 2.75 bits per heavy atom. The summed E-state index contributed by atoms with van der Waals surface area (Å²) in [4.78, 5) is 4.61. The molecule has 2 nitrogen and oxygen atoms in total. The van der Waals surface area contributed by atoms with E-state index in [0.717, 1.165) is 18.0 Å². The van der Waals surface area contributed by atoms with Gasteiger partial charge in [0, 0.05) is 23.5 Å². The number of likely N-dealkylation sites (N-methyl/N-ethyl adjacent to an activating group) is 1. The van der Waals surface area contributed by atoms with E-state index >= 15 is 0 Å². The standard InChI is InChI=1S/C17H22N2S/c1-12-11-20-17(19-12)10-16(18-2)15-9-4-3-8-14(15)13-6-5-7-13/h3-4,8-9,11,13,16,18H,5-7,10H2,1-2H3. The maximum Gasteiger partial charge on any atom is 0.0947 e. The minimum atomic E-state index is 0.373. The molecule has 0 amide bonds. The summed E-state index contributed by atoms with van der Waals surface area (Å²) in [6, 6.07) is 9.32. The van der Waals surface area contributed by atoms with Crippen LogP contribution in [0.3, 0.4) is 0 Å². The third-order valence-electron chi connectivity index (χ3n) is 4.31. The molecular formula is C17H22N2S. The molecule has 1 aliphatic rings. The van der Waals surface area contributed by atoms with Gasteiger partial charge in [0.25, 0.3) is 0 Å². The Morgan fingerprint density at radius 1 is 1.35 bits per heavy atom. The smallest absolute Gasteiger partial charge is 0.0947 e. The largest absolute Gasteiger partial charge is 0.313 e. The summed E-state index contributed by atoms with van der Waals surface area (Å²) in [5, 5.41) is 6.85. The van der Waals surface area contributed by atoms with Gasteiger partial charge in [-0.05, 0) is 43.9 Å². The summed E-state index contributed by atoms with van der Waals surface area (Å²) >= 11 is 1.77. The Labute approximate surface area is 125 Å². The zero-order valence-corrected chi connectivity index (χ0v) is 13.0. The number of thiazole rings is 1. The Kier molecular flexibility index (Phi) is 4.18. The fourth-order valence-electron chi connectivity index (χ4n) is 2.96. The fourth-order valence-corrected chi connectivity index (χ4v) is 3.78. The second-order valence-corrected chi connectivity index (χ2v) is 6.63. The zero-order chi connectivity index (χ0) is 13.9. The van der Waals surface area contributed by atoms with Gasteiger partial charge in [0.2, 0.25) is 0 Å². The minimum absolute atomic E-state index is 0.373. The van der Waals surface area contributed by atoms with Crippen molar-refractivity contribution in [2.24, 2.45) is 0 Å². The summed E-state index contributed by atoms with van der Waals surface area (Å²) in [5.41, 5.74) is 4.14. The first-order valence-corrected chi connectivity index (χ1v) is 8.33. The molecule has 0 aliphatic heterocycles. The number of aryl methyl sites for hydroxylation is 1. The monoisotopic (exact) mass is 286 g/mol. The first-order chi connectivity index (χ1) is 9.78. The second-order valence-electron chi connectivity index (χ2n) is 5.68. The highest BCUT2D eigenvalue weighted by molar-refractivity contribution is 7.09. The lowest BCUT2D eigenvalue weighted by molar-refractivity contribution is 0.412. The number of nitrogens with one attached hydrogen (secondary N) is 1. The summed E-state index contributed by atoms with van der Waals surface area (Å²) in [6.07, 6.45) is 5.07. The molecule has 1 aromatic carbocycles. The molecule has 3 heteroatoms. The lowest BCUT2D eigenvalue weighted by Gasteiger charge is -2.30. The second kappa shape index (κ2) is 6.06. The lowest BCUT2D eigenvalue weighted by atomic mass is 9.77. The summed E-state index contributed by atoms with van der Waals surface area (Å²) < 4.78 is 0. The topological polar surface area (TPSA) is 24.9 Å². The van der Waals surface area contributed by atoms with Gasteiger partial charge in [-0.3, -0.25) is 0 Å². The number of aromatic nitrogens is 1.